The molecule has 0 radical (unpaired) electrons. The number of hydrogen-bond donors (Lipinski definition) is 0. The van der Waals surface area contributed by atoms with Crippen molar-refractivity contribution in [1.82, 2.24) is 0 Å². The molecule has 0 spiro atoms. The number of benzene rings is 2. The predicted molar refractivity (Wildman–Crippen MR) is 114 cm³/mol. The van der Waals surface area contributed by atoms with Crippen LogP contribution < -0.4 is 0 Å². The van der Waals surface area contributed by atoms with Crippen molar-refractivity contribution in [3.63, 3.8) is 0 Å². The minimum absolute atomic E-state index is 0.194. The summed E-state index contributed by atoms with van der Waals surface area (Å²) < 4.78 is 0. The Bertz CT molecular complexity index is 693. The SMILES string of the molecule is CC(CC(C)=Nc1c(C)cccc1C)=Nc1c(C)cccc1C.[Cl][Fe+][Cl]. The first-order valence-corrected chi connectivity index (χ1v) is 11.4. The molecular formula is C21H26Cl2FeN2+. The Labute approximate surface area is 172 Å². The zero-order chi connectivity index (χ0) is 19.7. The third-order valence-corrected chi connectivity index (χ3v) is 4.00. The predicted octanol–water partition coefficient (Wildman–Crippen LogP) is 7.57. The van der Waals surface area contributed by atoms with Gasteiger partial charge in [0.25, 0.3) is 0 Å². The van der Waals surface area contributed by atoms with Crippen molar-refractivity contribution in [1.29, 1.82) is 0 Å². The van der Waals surface area contributed by atoms with Crippen LogP contribution in [0.5, 0.6) is 0 Å². The molecule has 0 bridgehead atoms. The van der Waals surface area contributed by atoms with E-state index in [0.29, 0.717) is 0 Å². The van der Waals surface area contributed by atoms with Crippen LogP contribution in [0.15, 0.2) is 46.4 Å². The second-order valence-electron chi connectivity index (χ2n) is 6.40. The van der Waals surface area contributed by atoms with Gasteiger partial charge in [0.1, 0.15) is 0 Å². The summed E-state index contributed by atoms with van der Waals surface area (Å²) in [6, 6.07) is 12.6. The van der Waals surface area contributed by atoms with Crippen LogP contribution in [0.1, 0.15) is 42.5 Å². The van der Waals surface area contributed by atoms with Gasteiger partial charge in [0.15, 0.2) is 0 Å². The van der Waals surface area contributed by atoms with E-state index in [-0.39, 0.29) is 13.1 Å². The Hall–Kier alpha value is -1.12. The molecule has 0 fully saturated rings. The molecule has 0 unspecified atom stereocenters. The first-order valence-electron chi connectivity index (χ1n) is 8.36. The number of rotatable bonds is 4. The average molecular weight is 433 g/mol. The van der Waals surface area contributed by atoms with Crippen LogP contribution in [0.25, 0.3) is 0 Å². The maximum atomic E-state index is 4.82. The standard InChI is InChI=1S/C21H26N2.2ClH.Fe/c1-14-9-7-10-15(2)20(14)22-18(5)13-19(6)23-21-16(3)11-8-12-17(21)4;;;/h7-12H,13H2,1-6H3;2*1H;/q;;;+3/p-2. The van der Waals surface area contributed by atoms with Crippen molar-refractivity contribution in [2.45, 2.75) is 48.0 Å². The molecule has 0 atom stereocenters. The normalized spacial score (nSPS) is 11.8. The molecule has 2 rings (SSSR count). The summed E-state index contributed by atoms with van der Waals surface area (Å²) in [5, 5.41) is 0. The fourth-order valence-corrected chi connectivity index (χ4v) is 2.80. The molecule has 5 heteroatoms. The Morgan fingerprint density at radius 2 is 1.00 bits per heavy atom. The number of halogens is 2. The number of aryl methyl sites for hydroxylation is 4. The third-order valence-electron chi connectivity index (χ3n) is 4.00. The molecule has 2 nitrogen and oxygen atoms in total. The second kappa shape index (κ2) is 11.6. The molecule has 0 heterocycles. The van der Waals surface area contributed by atoms with Gasteiger partial charge in [0, 0.05) is 17.8 Å². The Balaban J connectivity index is 0.00000105. The van der Waals surface area contributed by atoms with E-state index in [1.54, 1.807) is 0 Å². The monoisotopic (exact) mass is 432 g/mol. The quantitative estimate of drug-likeness (QED) is 0.351. The fraction of sp³-hybridized carbons (Fsp3) is 0.333. The number of aliphatic imine (C=N–C) groups is 2. The van der Waals surface area contributed by atoms with Crippen molar-refractivity contribution in [2.24, 2.45) is 9.98 Å². The summed E-state index contributed by atoms with van der Waals surface area (Å²) in [7, 11) is 9.53. The van der Waals surface area contributed by atoms with Gasteiger partial charge in [-0.15, -0.1) is 0 Å². The van der Waals surface area contributed by atoms with E-state index in [2.05, 4.69) is 77.9 Å². The molecule has 0 aromatic heterocycles. The molecular weight excluding hydrogens is 407 g/mol. The van der Waals surface area contributed by atoms with Crippen LogP contribution in [0.4, 0.5) is 11.4 Å². The van der Waals surface area contributed by atoms with Crippen LogP contribution in [0, 0.1) is 27.7 Å². The van der Waals surface area contributed by atoms with Crippen LogP contribution in [0.3, 0.4) is 0 Å². The van der Waals surface area contributed by atoms with Gasteiger partial charge >= 0.3 is 33.3 Å². The molecule has 0 N–H and O–H groups in total. The molecule has 0 amide bonds. The van der Waals surface area contributed by atoms with Crippen molar-refractivity contribution in [3.05, 3.63) is 58.7 Å². The molecule has 2 aromatic rings. The van der Waals surface area contributed by atoms with E-state index >= 15 is 0 Å². The second-order valence-corrected chi connectivity index (χ2v) is 8.23. The average Bonchev–Trinajstić information content (AvgIpc) is 2.55. The maximum absolute atomic E-state index is 4.82. The van der Waals surface area contributed by atoms with Gasteiger partial charge in [-0.25, -0.2) is 0 Å². The number of para-hydroxylation sites is 2. The van der Waals surface area contributed by atoms with E-state index in [9.17, 15) is 0 Å². The zero-order valence-electron chi connectivity index (χ0n) is 16.2. The Kier molecular flexibility index (Phi) is 10.2. The van der Waals surface area contributed by atoms with E-state index in [0.717, 1.165) is 29.2 Å². The summed E-state index contributed by atoms with van der Waals surface area (Å²) in [6.07, 6.45) is 0.793. The number of hydrogen-bond acceptors (Lipinski definition) is 2. The summed E-state index contributed by atoms with van der Waals surface area (Å²) in [4.78, 5) is 9.64. The van der Waals surface area contributed by atoms with Gasteiger partial charge in [0.2, 0.25) is 0 Å². The van der Waals surface area contributed by atoms with Crippen molar-refractivity contribution in [3.8, 4) is 0 Å². The Morgan fingerprint density at radius 3 is 1.27 bits per heavy atom. The molecule has 0 aliphatic rings. The van der Waals surface area contributed by atoms with Gasteiger partial charge in [-0.2, -0.15) is 0 Å². The summed E-state index contributed by atoms with van der Waals surface area (Å²) in [6.45, 7) is 12.6. The van der Waals surface area contributed by atoms with Crippen molar-refractivity contribution >= 4 is 43.0 Å². The van der Waals surface area contributed by atoms with Crippen LogP contribution in [-0.4, -0.2) is 11.4 Å². The van der Waals surface area contributed by atoms with Gasteiger partial charge in [-0.1, -0.05) is 36.4 Å². The van der Waals surface area contributed by atoms with E-state index in [4.69, 9.17) is 30.2 Å². The third kappa shape index (κ3) is 7.25. The van der Waals surface area contributed by atoms with Crippen molar-refractivity contribution in [2.75, 3.05) is 0 Å². The van der Waals surface area contributed by atoms with Crippen LogP contribution in [-0.2, 0) is 13.1 Å². The van der Waals surface area contributed by atoms with E-state index in [1.165, 1.54) is 22.3 Å². The first kappa shape index (κ1) is 22.9. The molecule has 141 valence electrons. The molecule has 0 saturated carbocycles. The summed E-state index contributed by atoms with van der Waals surface area (Å²) in [5.41, 5.74) is 9.23. The van der Waals surface area contributed by atoms with Crippen LogP contribution >= 0.6 is 20.2 Å². The topological polar surface area (TPSA) is 24.7 Å². The van der Waals surface area contributed by atoms with Gasteiger partial charge in [-0.05, 0) is 63.8 Å². The molecule has 0 aliphatic heterocycles. The number of nitrogens with zero attached hydrogens (tertiary/aromatic N) is 2. The molecule has 2 aromatic carbocycles. The molecule has 0 saturated heterocycles. The molecule has 26 heavy (non-hydrogen) atoms. The van der Waals surface area contributed by atoms with E-state index < -0.39 is 0 Å². The first-order chi connectivity index (χ1) is 12.3. The molecule has 0 aliphatic carbocycles. The van der Waals surface area contributed by atoms with Crippen molar-refractivity contribution < 1.29 is 13.1 Å². The zero-order valence-corrected chi connectivity index (χ0v) is 18.8. The fourth-order valence-electron chi connectivity index (χ4n) is 2.80. The van der Waals surface area contributed by atoms with Gasteiger partial charge in [0.05, 0.1) is 11.4 Å². The van der Waals surface area contributed by atoms with Gasteiger partial charge < -0.3 is 0 Å². The summed E-state index contributed by atoms with van der Waals surface area (Å²) in [5.74, 6) is 0. The van der Waals surface area contributed by atoms with E-state index in [1.807, 2.05) is 0 Å². The Morgan fingerprint density at radius 1 is 0.731 bits per heavy atom. The van der Waals surface area contributed by atoms with Gasteiger partial charge in [-0.3, -0.25) is 9.98 Å². The minimum atomic E-state index is 0.194. The summed E-state index contributed by atoms with van der Waals surface area (Å²) >= 11 is 0.194. The van der Waals surface area contributed by atoms with Crippen LogP contribution in [0.2, 0.25) is 0 Å².